The molecule has 0 aliphatic heterocycles. The Hall–Kier alpha value is -1.26. The van der Waals surface area contributed by atoms with Crippen LogP contribution in [-0.2, 0) is 6.42 Å². The number of rotatable bonds is 7. The van der Waals surface area contributed by atoms with Crippen molar-refractivity contribution in [2.45, 2.75) is 45.6 Å². The van der Waals surface area contributed by atoms with Crippen LogP contribution < -0.4 is 11.3 Å². The van der Waals surface area contributed by atoms with Crippen LogP contribution >= 0.6 is 0 Å². The summed E-state index contributed by atoms with van der Waals surface area (Å²) in [6.45, 7) is 7.77. The molecule has 0 bridgehead atoms. The molecule has 4 heteroatoms. The smallest absolute Gasteiger partial charge is 0.0676 e. The molecule has 17 heavy (non-hydrogen) atoms. The number of nitrogens with two attached hydrogens (primary N) is 1. The lowest BCUT2D eigenvalue weighted by atomic mass is 9.99. The largest absolute Gasteiger partial charge is 0.271 e. The topological polar surface area (TPSA) is 63.8 Å². The maximum atomic E-state index is 5.64. The van der Waals surface area contributed by atoms with Crippen molar-refractivity contribution in [1.82, 2.24) is 15.6 Å². The van der Waals surface area contributed by atoms with E-state index in [1.165, 1.54) is 5.56 Å². The van der Waals surface area contributed by atoms with E-state index in [9.17, 15) is 0 Å². The molecule has 3 N–H and O–H groups in total. The predicted molar refractivity (Wildman–Crippen MR) is 70.3 cm³/mol. The number of hydrazine groups is 1. The highest BCUT2D eigenvalue weighted by Crippen LogP contribution is 2.22. The SMILES string of the molecule is C=CCCCC(NN)c1cc(C)nnc1CC. The monoisotopic (exact) mass is 234 g/mol. The fourth-order valence-electron chi connectivity index (χ4n) is 1.91. The summed E-state index contributed by atoms with van der Waals surface area (Å²) in [6.07, 6.45) is 5.88. The van der Waals surface area contributed by atoms with E-state index >= 15 is 0 Å². The highest BCUT2D eigenvalue weighted by atomic mass is 15.2. The van der Waals surface area contributed by atoms with Crippen molar-refractivity contribution in [3.05, 3.63) is 35.7 Å². The minimum absolute atomic E-state index is 0.152. The van der Waals surface area contributed by atoms with Crippen LogP contribution in [0.1, 0.15) is 49.2 Å². The van der Waals surface area contributed by atoms with Crippen molar-refractivity contribution >= 4 is 0 Å². The van der Waals surface area contributed by atoms with Crippen LogP contribution in [0.2, 0.25) is 0 Å². The fourth-order valence-corrected chi connectivity index (χ4v) is 1.91. The van der Waals surface area contributed by atoms with Gasteiger partial charge >= 0.3 is 0 Å². The van der Waals surface area contributed by atoms with Crippen LogP contribution in [-0.4, -0.2) is 10.2 Å². The quantitative estimate of drug-likeness (QED) is 0.328. The molecule has 0 spiro atoms. The van der Waals surface area contributed by atoms with Gasteiger partial charge in [0.2, 0.25) is 0 Å². The average molecular weight is 234 g/mol. The van der Waals surface area contributed by atoms with E-state index in [1.807, 2.05) is 13.0 Å². The maximum Gasteiger partial charge on any atom is 0.0676 e. The molecule has 0 amide bonds. The third-order valence-electron chi connectivity index (χ3n) is 2.84. The Morgan fingerprint density at radius 1 is 1.53 bits per heavy atom. The lowest BCUT2D eigenvalue weighted by Crippen LogP contribution is -2.29. The number of nitrogens with one attached hydrogen (secondary N) is 1. The molecule has 0 aliphatic rings. The van der Waals surface area contributed by atoms with Crippen molar-refractivity contribution in [2.75, 3.05) is 0 Å². The van der Waals surface area contributed by atoms with Crippen molar-refractivity contribution in [1.29, 1.82) is 0 Å². The summed E-state index contributed by atoms with van der Waals surface area (Å²) >= 11 is 0. The van der Waals surface area contributed by atoms with Gasteiger partial charge in [-0.3, -0.25) is 11.3 Å². The summed E-state index contributed by atoms with van der Waals surface area (Å²) in [5.74, 6) is 5.64. The van der Waals surface area contributed by atoms with Gasteiger partial charge in [-0.25, -0.2) is 0 Å². The molecule has 1 aromatic heterocycles. The highest BCUT2D eigenvalue weighted by Gasteiger charge is 2.14. The summed E-state index contributed by atoms with van der Waals surface area (Å²) < 4.78 is 0. The van der Waals surface area contributed by atoms with Gasteiger partial charge in [0.25, 0.3) is 0 Å². The number of aryl methyl sites for hydroxylation is 2. The lowest BCUT2D eigenvalue weighted by Gasteiger charge is -2.18. The predicted octanol–water partition coefficient (Wildman–Crippen LogP) is 2.21. The number of aromatic nitrogens is 2. The Balaban J connectivity index is 2.85. The third-order valence-corrected chi connectivity index (χ3v) is 2.84. The Morgan fingerprint density at radius 2 is 2.29 bits per heavy atom. The molecule has 1 aromatic rings. The van der Waals surface area contributed by atoms with Gasteiger partial charge in [-0.15, -0.1) is 6.58 Å². The van der Waals surface area contributed by atoms with E-state index in [4.69, 9.17) is 5.84 Å². The molecule has 1 unspecified atom stereocenters. The number of unbranched alkanes of at least 4 members (excludes halogenated alkanes) is 1. The van der Waals surface area contributed by atoms with Crippen molar-refractivity contribution in [2.24, 2.45) is 5.84 Å². The summed E-state index contributed by atoms with van der Waals surface area (Å²) in [7, 11) is 0. The summed E-state index contributed by atoms with van der Waals surface area (Å²) in [6, 6.07) is 2.23. The standard InChI is InChI=1S/C13H22N4/c1-4-6-7-8-13(15-14)11-9-10(3)16-17-12(11)5-2/h4,9,13,15H,1,5-8,14H2,2-3H3. The summed E-state index contributed by atoms with van der Waals surface area (Å²) in [4.78, 5) is 0. The first kappa shape index (κ1) is 13.8. The van der Waals surface area contributed by atoms with Crippen molar-refractivity contribution < 1.29 is 0 Å². The molecule has 0 radical (unpaired) electrons. The molecule has 1 atom stereocenters. The number of hydrogen-bond donors (Lipinski definition) is 2. The zero-order chi connectivity index (χ0) is 12.7. The summed E-state index contributed by atoms with van der Waals surface area (Å²) in [5.41, 5.74) is 6.01. The molecule has 0 saturated carbocycles. The molecule has 0 saturated heterocycles. The number of nitrogens with zero attached hydrogens (tertiary/aromatic N) is 2. The normalized spacial score (nSPS) is 12.4. The fraction of sp³-hybridized carbons (Fsp3) is 0.538. The first-order valence-corrected chi connectivity index (χ1v) is 6.13. The van der Waals surface area contributed by atoms with Gasteiger partial charge in [-0.2, -0.15) is 10.2 Å². The van der Waals surface area contributed by atoms with Gasteiger partial charge < -0.3 is 0 Å². The van der Waals surface area contributed by atoms with Gasteiger partial charge in [0.05, 0.1) is 11.4 Å². The lowest BCUT2D eigenvalue weighted by molar-refractivity contribution is 0.493. The highest BCUT2D eigenvalue weighted by molar-refractivity contribution is 5.24. The van der Waals surface area contributed by atoms with Gasteiger partial charge in [0.15, 0.2) is 0 Å². The van der Waals surface area contributed by atoms with E-state index < -0.39 is 0 Å². The second kappa shape index (κ2) is 7.14. The minimum atomic E-state index is 0.152. The van der Waals surface area contributed by atoms with E-state index in [1.54, 1.807) is 0 Å². The maximum absolute atomic E-state index is 5.64. The van der Waals surface area contributed by atoms with Crippen molar-refractivity contribution in [3.63, 3.8) is 0 Å². The zero-order valence-corrected chi connectivity index (χ0v) is 10.7. The minimum Gasteiger partial charge on any atom is -0.271 e. The summed E-state index contributed by atoms with van der Waals surface area (Å²) in [5, 5.41) is 8.32. The molecule has 1 rings (SSSR count). The molecule has 4 nitrogen and oxygen atoms in total. The molecule has 0 aromatic carbocycles. The molecular weight excluding hydrogens is 212 g/mol. The third kappa shape index (κ3) is 3.91. The second-order valence-corrected chi connectivity index (χ2v) is 4.18. The average Bonchev–Trinajstić information content (AvgIpc) is 2.35. The van der Waals surface area contributed by atoms with Crippen LogP contribution in [0.15, 0.2) is 18.7 Å². The molecular formula is C13H22N4. The molecule has 1 heterocycles. The Labute approximate surface area is 103 Å². The first-order chi connectivity index (χ1) is 8.22. The van der Waals surface area contributed by atoms with E-state index in [2.05, 4.69) is 35.2 Å². The van der Waals surface area contributed by atoms with Crippen LogP contribution in [0.4, 0.5) is 0 Å². The van der Waals surface area contributed by atoms with Gasteiger partial charge in [0.1, 0.15) is 0 Å². The Morgan fingerprint density at radius 3 is 2.88 bits per heavy atom. The second-order valence-electron chi connectivity index (χ2n) is 4.18. The molecule has 0 aliphatic carbocycles. The van der Waals surface area contributed by atoms with Crippen LogP contribution in [0.5, 0.6) is 0 Å². The number of hydrogen-bond acceptors (Lipinski definition) is 4. The Kier molecular flexibility index (Phi) is 5.80. The van der Waals surface area contributed by atoms with E-state index in [-0.39, 0.29) is 6.04 Å². The van der Waals surface area contributed by atoms with Gasteiger partial charge in [-0.05, 0) is 44.2 Å². The van der Waals surface area contributed by atoms with Crippen LogP contribution in [0, 0.1) is 6.92 Å². The van der Waals surface area contributed by atoms with Crippen molar-refractivity contribution in [3.8, 4) is 0 Å². The van der Waals surface area contributed by atoms with Crippen LogP contribution in [0.3, 0.4) is 0 Å². The van der Waals surface area contributed by atoms with Gasteiger partial charge in [-0.1, -0.05) is 13.0 Å². The van der Waals surface area contributed by atoms with E-state index in [0.29, 0.717) is 0 Å². The van der Waals surface area contributed by atoms with Gasteiger partial charge in [0, 0.05) is 6.04 Å². The first-order valence-electron chi connectivity index (χ1n) is 6.13. The van der Waals surface area contributed by atoms with Crippen LogP contribution in [0.25, 0.3) is 0 Å². The molecule has 94 valence electrons. The number of allylic oxidation sites excluding steroid dienone is 1. The zero-order valence-electron chi connectivity index (χ0n) is 10.7. The molecule has 0 fully saturated rings. The van der Waals surface area contributed by atoms with E-state index in [0.717, 1.165) is 37.1 Å². The Bertz CT molecular complexity index is 362.